The van der Waals surface area contributed by atoms with Crippen LogP contribution in [0.5, 0.6) is 0 Å². The number of aryl methyl sites for hydroxylation is 1. The lowest BCUT2D eigenvalue weighted by Gasteiger charge is -2.35. The van der Waals surface area contributed by atoms with E-state index in [4.69, 9.17) is 10.5 Å². The number of aromatic nitrogens is 7. The van der Waals surface area contributed by atoms with Gasteiger partial charge in [-0.2, -0.15) is 15.0 Å². The van der Waals surface area contributed by atoms with Gasteiger partial charge in [-0.3, -0.25) is 39.0 Å². The highest BCUT2D eigenvalue weighted by molar-refractivity contribution is 6.23. The molecule has 22 nitrogen and oxygen atoms in total. The van der Waals surface area contributed by atoms with Crippen molar-refractivity contribution in [2.75, 3.05) is 79.9 Å². The number of imidazole rings is 1. The first-order valence-electron chi connectivity index (χ1n) is 21.3. The van der Waals surface area contributed by atoms with Crippen LogP contribution in [0, 0.1) is 0 Å². The first-order chi connectivity index (χ1) is 31.4. The van der Waals surface area contributed by atoms with Crippen molar-refractivity contribution in [3.63, 3.8) is 0 Å². The number of nitrogens with two attached hydrogens (primary N) is 1. The summed E-state index contributed by atoms with van der Waals surface area (Å²) in [5, 5.41) is 8.29. The van der Waals surface area contributed by atoms with E-state index >= 15 is 0 Å². The first-order valence-corrected chi connectivity index (χ1v) is 21.3. The molecule has 0 radical (unpaired) electrons. The minimum atomic E-state index is -2.94. The van der Waals surface area contributed by atoms with E-state index in [0.29, 0.717) is 90.2 Å². The number of imide groups is 2. The van der Waals surface area contributed by atoms with Crippen molar-refractivity contribution in [1.29, 1.82) is 0 Å². The number of alkyl halides is 2. The lowest BCUT2D eigenvalue weighted by Crippen LogP contribution is -2.54. The van der Waals surface area contributed by atoms with Crippen LogP contribution in [0.15, 0.2) is 36.9 Å². The van der Waals surface area contributed by atoms with Crippen molar-refractivity contribution >= 4 is 59.0 Å². The third-order valence-electron chi connectivity index (χ3n) is 11.4. The van der Waals surface area contributed by atoms with Crippen LogP contribution in [-0.2, 0) is 37.0 Å². The molecule has 0 aliphatic carbocycles. The Kier molecular flexibility index (Phi) is 13.4. The zero-order chi connectivity index (χ0) is 45.6. The Morgan fingerprint density at radius 3 is 2.35 bits per heavy atom. The summed E-state index contributed by atoms with van der Waals surface area (Å²) in [6, 6.07) is 3.76. The molecule has 24 heteroatoms. The molecule has 0 spiro atoms. The van der Waals surface area contributed by atoms with Crippen molar-refractivity contribution in [3.8, 4) is 11.4 Å². The van der Waals surface area contributed by atoms with Crippen LogP contribution < -0.4 is 31.5 Å². The zero-order valence-corrected chi connectivity index (χ0v) is 35.2. The number of benzene rings is 1. The van der Waals surface area contributed by atoms with E-state index in [0.717, 1.165) is 17.0 Å². The summed E-state index contributed by atoms with van der Waals surface area (Å²) in [5.41, 5.74) is 6.67. The summed E-state index contributed by atoms with van der Waals surface area (Å²) in [6.07, 6.45) is 3.50. The van der Waals surface area contributed by atoms with Crippen LogP contribution >= 0.6 is 0 Å². The van der Waals surface area contributed by atoms with Gasteiger partial charge in [-0.1, -0.05) is 0 Å². The number of rotatable bonds is 16. The molecule has 5 N–H and O–H groups in total. The smallest absolute Gasteiger partial charge is 0.281 e. The summed E-state index contributed by atoms with van der Waals surface area (Å²) < 4.78 is 35.4. The number of fused-ring (bicyclic) bond motifs is 1. The van der Waals surface area contributed by atoms with Crippen molar-refractivity contribution in [1.82, 2.24) is 54.9 Å². The number of hydrogen-bond acceptors (Lipinski definition) is 17. The largest absolute Gasteiger partial charge is 0.379 e. The Bertz CT molecular complexity index is 2470. The standard InChI is InChI=1S/C41H47F2N15O7/c42-34(43)33-28(21-47-39(44)50-33)35-51-40(53-41(52-35)57-15-17-65-18-16-57)56-13-11-55(12-14-56)32(61)8-7-30(59)45-9-1-2-10-54-22-25(48-23-54)20-46-24-3-4-26-27(19-24)38(64)58(37(26)63)29-5-6-31(60)49-36(29)62/h3-4,19,21-23,29,34,46H,1-2,5-18,20H2,(H,45,59)(H2,44,47,50)(H,49,60,62). The first kappa shape index (κ1) is 44.4. The molecule has 3 fully saturated rings. The predicted octanol–water partition coefficient (Wildman–Crippen LogP) is 0.920. The number of halogens is 2. The second-order valence-corrected chi connectivity index (χ2v) is 15.8. The average molecular weight is 900 g/mol. The molecule has 3 saturated heterocycles. The van der Waals surface area contributed by atoms with E-state index in [1.165, 1.54) is 6.20 Å². The highest BCUT2D eigenvalue weighted by atomic mass is 19.3. The number of amides is 6. The monoisotopic (exact) mass is 899 g/mol. The second-order valence-electron chi connectivity index (χ2n) is 15.8. The van der Waals surface area contributed by atoms with Gasteiger partial charge in [0.2, 0.25) is 41.5 Å². The van der Waals surface area contributed by atoms with Gasteiger partial charge in [0.05, 0.1) is 48.5 Å². The molecular weight excluding hydrogens is 853 g/mol. The van der Waals surface area contributed by atoms with Crippen LogP contribution in [0.3, 0.4) is 0 Å². The minimum Gasteiger partial charge on any atom is -0.379 e. The highest BCUT2D eigenvalue weighted by Gasteiger charge is 2.44. The molecule has 4 aromatic rings. The number of hydrogen-bond donors (Lipinski definition) is 4. The van der Waals surface area contributed by atoms with Crippen LogP contribution in [0.2, 0.25) is 0 Å². The molecule has 8 rings (SSSR count). The molecule has 4 aliphatic rings. The fourth-order valence-electron chi connectivity index (χ4n) is 7.93. The maximum Gasteiger partial charge on any atom is 0.281 e. The SMILES string of the molecule is Nc1ncc(-c2nc(N3CCOCC3)nc(N3CCN(C(=O)CCC(=O)NCCCCn4cnc(CNc5ccc6c(c5)C(=O)N(C5CCC(=O)NC5=O)C6=O)c4)CC3)n2)c(C(F)F)n1. The number of nitrogens with zero attached hydrogens (tertiary/aromatic N) is 11. The summed E-state index contributed by atoms with van der Waals surface area (Å²) in [5.74, 6) is -2.38. The molecule has 1 unspecified atom stereocenters. The number of piperazine rings is 1. The predicted molar refractivity (Wildman–Crippen MR) is 226 cm³/mol. The minimum absolute atomic E-state index is 0.0180. The fraction of sp³-hybridized carbons (Fsp3) is 0.463. The Morgan fingerprint density at radius 2 is 1.62 bits per heavy atom. The van der Waals surface area contributed by atoms with Gasteiger partial charge < -0.3 is 40.4 Å². The van der Waals surface area contributed by atoms with E-state index in [9.17, 15) is 37.5 Å². The van der Waals surface area contributed by atoms with Crippen molar-refractivity contribution in [2.24, 2.45) is 0 Å². The number of carbonyl (C=O) groups excluding carboxylic acids is 6. The van der Waals surface area contributed by atoms with Gasteiger partial charge in [0, 0.05) is 89.7 Å². The number of carbonyl (C=O) groups is 6. The Balaban J connectivity index is 0.744. The number of nitrogen functional groups attached to an aromatic ring is 1. The summed E-state index contributed by atoms with van der Waals surface area (Å²) >= 11 is 0. The van der Waals surface area contributed by atoms with Crippen molar-refractivity contribution < 1.29 is 42.3 Å². The van der Waals surface area contributed by atoms with Gasteiger partial charge in [-0.25, -0.2) is 23.7 Å². The van der Waals surface area contributed by atoms with Crippen molar-refractivity contribution in [3.05, 3.63) is 59.4 Å². The number of nitrogens with one attached hydrogen (secondary N) is 3. The quantitative estimate of drug-likeness (QED) is 0.0900. The van der Waals surface area contributed by atoms with E-state index in [1.54, 1.807) is 29.4 Å². The summed E-state index contributed by atoms with van der Waals surface area (Å²) in [6.45, 7) is 4.78. The topological polar surface area (TPSA) is 269 Å². The second kappa shape index (κ2) is 19.7. The van der Waals surface area contributed by atoms with E-state index in [1.807, 2.05) is 20.6 Å². The van der Waals surface area contributed by atoms with E-state index < -0.39 is 41.8 Å². The lowest BCUT2D eigenvalue weighted by molar-refractivity contribution is -0.136. The molecular formula is C41H47F2N15O7. The summed E-state index contributed by atoms with van der Waals surface area (Å²) in [7, 11) is 0. The molecule has 4 aliphatic heterocycles. The number of anilines is 4. The lowest BCUT2D eigenvalue weighted by atomic mass is 10.0. The maximum atomic E-state index is 14.0. The number of ether oxygens (including phenoxy) is 1. The van der Waals surface area contributed by atoms with Gasteiger partial charge in [0.25, 0.3) is 18.2 Å². The molecule has 0 bridgehead atoms. The number of morpholine rings is 1. The van der Waals surface area contributed by atoms with E-state index in [2.05, 4.69) is 45.9 Å². The molecule has 6 amide bonds. The zero-order valence-electron chi connectivity index (χ0n) is 35.2. The summed E-state index contributed by atoms with van der Waals surface area (Å²) in [4.78, 5) is 108. The highest BCUT2D eigenvalue weighted by Crippen LogP contribution is 2.31. The molecule has 7 heterocycles. The third kappa shape index (κ3) is 10.3. The molecule has 0 saturated carbocycles. The third-order valence-corrected chi connectivity index (χ3v) is 11.4. The molecule has 65 heavy (non-hydrogen) atoms. The Labute approximate surface area is 370 Å². The van der Waals surface area contributed by atoms with Crippen molar-refractivity contribution in [2.45, 2.75) is 64.1 Å². The number of unbranched alkanes of at least 4 members (excludes halogenated alkanes) is 1. The van der Waals surface area contributed by atoms with Crippen LogP contribution in [0.1, 0.15) is 77.1 Å². The van der Waals surface area contributed by atoms with Gasteiger partial charge in [-0.05, 0) is 37.5 Å². The molecule has 1 atom stereocenters. The van der Waals surface area contributed by atoms with Crippen LogP contribution in [0.25, 0.3) is 11.4 Å². The van der Waals surface area contributed by atoms with E-state index in [-0.39, 0.29) is 71.9 Å². The van der Waals surface area contributed by atoms with Gasteiger partial charge >= 0.3 is 0 Å². The maximum absolute atomic E-state index is 14.0. The van der Waals surface area contributed by atoms with Crippen LogP contribution in [0.4, 0.5) is 32.3 Å². The molecule has 1 aromatic carbocycles. The normalized spacial score (nSPS) is 17.7. The Morgan fingerprint density at radius 1 is 0.877 bits per heavy atom. The number of piperidine rings is 1. The molecule has 3 aromatic heterocycles. The Hall–Kier alpha value is -7.24. The average Bonchev–Trinajstić information content (AvgIpc) is 3.87. The van der Waals surface area contributed by atoms with Gasteiger partial charge in [0.15, 0.2) is 5.82 Å². The van der Waals surface area contributed by atoms with Gasteiger partial charge in [-0.15, -0.1) is 0 Å². The van der Waals surface area contributed by atoms with Crippen LogP contribution in [-0.4, -0.2) is 145 Å². The fourth-order valence-corrected chi connectivity index (χ4v) is 7.93. The van der Waals surface area contributed by atoms with Gasteiger partial charge in [0.1, 0.15) is 11.7 Å². The molecule has 342 valence electrons.